The molecule has 1 amide bonds. The highest BCUT2D eigenvalue weighted by Gasteiger charge is 2.35. The highest BCUT2D eigenvalue weighted by molar-refractivity contribution is 5.94. The molecule has 0 saturated carbocycles. The zero-order valence-corrected chi connectivity index (χ0v) is 17.1. The van der Waals surface area contributed by atoms with Gasteiger partial charge in [-0.25, -0.2) is 0 Å². The summed E-state index contributed by atoms with van der Waals surface area (Å²) >= 11 is 0. The number of aliphatic hydroxyl groups is 1. The molecule has 4 rings (SSSR count). The average Bonchev–Trinajstić information content (AvgIpc) is 3.28. The molecule has 1 saturated heterocycles. The van der Waals surface area contributed by atoms with Crippen LogP contribution >= 0.6 is 0 Å². The Morgan fingerprint density at radius 3 is 2.67 bits per heavy atom. The molecule has 7 nitrogen and oxygen atoms in total. The van der Waals surface area contributed by atoms with Gasteiger partial charge < -0.3 is 19.6 Å². The van der Waals surface area contributed by atoms with Crippen LogP contribution < -0.4 is 4.74 Å². The number of oxime groups is 1. The summed E-state index contributed by atoms with van der Waals surface area (Å²) in [5.41, 5.74) is 2.67. The minimum absolute atomic E-state index is 0.0192. The molecule has 0 radical (unpaired) electrons. The number of ether oxygens (including phenoxy) is 1. The molecule has 0 unspecified atom stereocenters. The van der Waals surface area contributed by atoms with E-state index in [4.69, 9.17) is 9.57 Å². The van der Waals surface area contributed by atoms with E-state index in [1.165, 1.54) is 0 Å². The molecule has 158 valence electrons. The third-order valence-corrected chi connectivity index (χ3v) is 5.86. The minimum Gasteiger partial charge on any atom is -0.497 e. The van der Waals surface area contributed by atoms with Gasteiger partial charge in [-0.05, 0) is 48.6 Å². The van der Waals surface area contributed by atoms with Crippen LogP contribution in [0.3, 0.4) is 0 Å². The summed E-state index contributed by atoms with van der Waals surface area (Å²) in [5, 5.41) is 14.7. The Balaban J connectivity index is 1.26. The number of amides is 1. The molecule has 0 spiro atoms. The normalized spacial score (nSPS) is 20.4. The molecule has 30 heavy (non-hydrogen) atoms. The number of hydrogen-bond acceptors (Lipinski definition) is 6. The van der Waals surface area contributed by atoms with Crippen LogP contribution in [-0.4, -0.2) is 52.9 Å². The molecule has 3 heterocycles. The highest BCUT2D eigenvalue weighted by atomic mass is 16.6. The number of pyridine rings is 1. The smallest absolute Gasteiger partial charge is 0.266 e. The summed E-state index contributed by atoms with van der Waals surface area (Å²) in [4.78, 5) is 24.4. The molecule has 0 bridgehead atoms. The van der Waals surface area contributed by atoms with Gasteiger partial charge in [0.2, 0.25) is 6.10 Å². The molecular weight excluding hydrogens is 382 g/mol. The van der Waals surface area contributed by atoms with Crippen LogP contribution in [0, 0.1) is 5.92 Å². The van der Waals surface area contributed by atoms with Crippen molar-refractivity contribution in [3.05, 3.63) is 59.9 Å². The number of hydrogen-bond donors (Lipinski definition) is 1. The van der Waals surface area contributed by atoms with E-state index in [9.17, 15) is 9.90 Å². The Bertz CT molecular complexity index is 877. The standard InChI is InChI=1S/C23H27N3O4/c1-29-19-7-5-16(6-8-19)14-18-15-21(30-25-18)23(28)26-12-9-17(10-13-26)22(27)20-4-2-3-11-24-20/h2-8,11,17,21-22,27H,9-10,12-15H2,1H3/t21-,22+/m0/s1. The van der Waals surface area contributed by atoms with Crippen molar-refractivity contribution in [2.75, 3.05) is 20.2 Å². The molecule has 1 fully saturated rings. The van der Waals surface area contributed by atoms with Crippen molar-refractivity contribution >= 4 is 11.6 Å². The first-order chi connectivity index (χ1) is 14.6. The van der Waals surface area contributed by atoms with Gasteiger partial charge in [-0.2, -0.15) is 0 Å². The molecule has 1 aromatic heterocycles. The SMILES string of the molecule is COc1ccc(CC2=NO[C@H](C(=O)N3CCC([C@@H](O)c4ccccn4)CC3)C2)cc1. The van der Waals surface area contributed by atoms with E-state index < -0.39 is 12.2 Å². The number of likely N-dealkylation sites (tertiary alicyclic amines) is 1. The fraction of sp³-hybridized carbons (Fsp3) is 0.435. The maximum atomic E-state index is 12.9. The quantitative estimate of drug-likeness (QED) is 0.793. The van der Waals surface area contributed by atoms with Gasteiger partial charge >= 0.3 is 0 Å². The van der Waals surface area contributed by atoms with Gasteiger partial charge in [-0.15, -0.1) is 0 Å². The van der Waals surface area contributed by atoms with Gasteiger partial charge in [-0.3, -0.25) is 9.78 Å². The molecule has 1 aromatic carbocycles. The largest absolute Gasteiger partial charge is 0.497 e. The predicted molar refractivity (Wildman–Crippen MR) is 112 cm³/mol. The Labute approximate surface area is 176 Å². The van der Waals surface area contributed by atoms with Crippen molar-refractivity contribution in [1.29, 1.82) is 0 Å². The second-order valence-corrected chi connectivity index (χ2v) is 7.84. The summed E-state index contributed by atoms with van der Waals surface area (Å²) in [6, 6.07) is 13.4. The molecule has 2 atom stereocenters. The molecule has 7 heteroatoms. The molecule has 2 aliphatic rings. The lowest BCUT2D eigenvalue weighted by molar-refractivity contribution is -0.144. The van der Waals surface area contributed by atoms with Crippen LogP contribution in [0.5, 0.6) is 5.75 Å². The fourth-order valence-electron chi connectivity index (χ4n) is 4.07. The topological polar surface area (TPSA) is 84.2 Å². The summed E-state index contributed by atoms with van der Waals surface area (Å²) in [5.74, 6) is 0.901. The number of methoxy groups -OCH3 is 1. The van der Waals surface area contributed by atoms with E-state index in [1.807, 2.05) is 47.4 Å². The maximum absolute atomic E-state index is 12.9. The van der Waals surface area contributed by atoms with Crippen molar-refractivity contribution in [2.24, 2.45) is 11.1 Å². The lowest BCUT2D eigenvalue weighted by atomic mass is 9.89. The second-order valence-electron chi connectivity index (χ2n) is 7.84. The van der Waals surface area contributed by atoms with Crippen molar-refractivity contribution < 1.29 is 19.5 Å². The molecular formula is C23H27N3O4. The van der Waals surface area contributed by atoms with Gasteiger partial charge in [0, 0.05) is 32.1 Å². The predicted octanol–water partition coefficient (Wildman–Crippen LogP) is 2.75. The van der Waals surface area contributed by atoms with Gasteiger partial charge in [0.25, 0.3) is 5.91 Å². The zero-order valence-electron chi connectivity index (χ0n) is 17.1. The van der Waals surface area contributed by atoms with Crippen LogP contribution in [0.2, 0.25) is 0 Å². The number of benzene rings is 1. The minimum atomic E-state index is -0.592. The van der Waals surface area contributed by atoms with Crippen LogP contribution in [0.4, 0.5) is 0 Å². The summed E-state index contributed by atoms with van der Waals surface area (Å²) in [7, 11) is 1.64. The molecule has 1 N–H and O–H groups in total. The van der Waals surface area contributed by atoms with Crippen molar-refractivity contribution in [2.45, 2.75) is 37.9 Å². The van der Waals surface area contributed by atoms with Gasteiger partial charge in [0.05, 0.1) is 24.6 Å². The Morgan fingerprint density at radius 2 is 2.00 bits per heavy atom. The van der Waals surface area contributed by atoms with E-state index in [0.29, 0.717) is 31.6 Å². The first-order valence-corrected chi connectivity index (χ1v) is 10.4. The Morgan fingerprint density at radius 1 is 1.23 bits per heavy atom. The van der Waals surface area contributed by atoms with Crippen molar-refractivity contribution in [1.82, 2.24) is 9.88 Å². The van der Waals surface area contributed by atoms with Crippen LogP contribution in [-0.2, 0) is 16.1 Å². The van der Waals surface area contributed by atoms with E-state index in [2.05, 4.69) is 10.1 Å². The number of carbonyl (C=O) groups excluding carboxylic acids is 1. The monoisotopic (exact) mass is 409 g/mol. The third kappa shape index (κ3) is 4.62. The maximum Gasteiger partial charge on any atom is 0.266 e. The lowest BCUT2D eigenvalue weighted by Crippen LogP contribution is -2.44. The second kappa shape index (κ2) is 9.26. The number of aromatic nitrogens is 1. The van der Waals surface area contributed by atoms with Crippen molar-refractivity contribution in [3.63, 3.8) is 0 Å². The Kier molecular flexibility index (Phi) is 6.28. The Hall–Kier alpha value is -2.93. The van der Waals surface area contributed by atoms with Gasteiger partial charge in [0.1, 0.15) is 5.75 Å². The van der Waals surface area contributed by atoms with E-state index in [0.717, 1.165) is 29.9 Å². The number of nitrogens with zero attached hydrogens (tertiary/aromatic N) is 3. The first kappa shape index (κ1) is 20.3. The van der Waals surface area contributed by atoms with Crippen LogP contribution in [0.15, 0.2) is 53.8 Å². The summed E-state index contributed by atoms with van der Waals surface area (Å²) in [6.07, 6.45) is 3.22. The van der Waals surface area contributed by atoms with Crippen molar-refractivity contribution in [3.8, 4) is 5.75 Å². The molecule has 2 aliphatic heterocycles. The van der Waals surface area contributed by atoms with Crippen LogP contribution in [0.25, 0.3) is 0 Å². The first-order valence-electron chi connectivity index (χ1n) is 10.4. The van der Waals surface area contributed by atoms with Gasteiger partial charge in [-0.1, -0.05) is 23.4 Å². The average molecular weight is 409 g/mol. The third-order valence-electron chi connectivity index (χ3n) is 5.86. The molecule has 2 aromatic rings. The zero-order chi connectivity index (χ0) is 20.9. The van der Waals surface area contributed by atoms with Crippen LogP contribution in [0.1, 0.15) is 36.6 Å². The number of piperidine rings is 1. The summed E-state index contributed by atoms with van der Waals surface area (Å²) in [6.45, 7) is 1.22. The fourth-order valence-corrected chi connectivity index (χ4v) is 4.07. The number of aliphatic hydroxyl groups excluding tert-OH is 1. The number of carbonyl (C=O) groups is 1. The summed E-state index contributed by atoms with van der Waals surface area (Å²) < 4.78 is 5.18. The van der Waals surface area contributed by atoms with Gasteiger partial charge in [0.15, 0.2) is 0 Å². The lowest BCUT2D eigenvalue weighted by Gasteiger charge is -2.34. The molecule has 0 aliphatic carbocycles. The van der Waals surface area contributed by atoms with E-state index in [-0.39, 0.29) is 11.8 Å². The highest BCUT2D eigenvalue weighted by Crippen LogP contribution is 2.30. The van der Waals surface area contributed by atoms with E-state index in [1.54, 1.807) is 13.3 Å². The number of rotatable bonds is 6. The van der Waals surface area contributed by atoms with E-state index >= 15 is 0 Å².